The van der Waals surface area contributed by atoms with Crippen molar-refractivity contribution in [2.75, 3.05) is 0 Å². The molecule has 0 aliphatic heterocycles. The number of nitrogens with zero attached hydrogens (tertiary/aromatic N) is 4. The van der Waals surface area contributed by atoms with Crippen LogP contribution in [0.3, 0.4) is 0 Å². The molecule has 0 unspecified atom stereocenters. The fraction of sp³-hybridized carbons (Fsp3) is 0.333. The molecular weight excluding hydrogens is 292 g/mol. The van der Waals surface area contributed by atoms with Gasteiger partial charge in [0.2, 0.25) is 5.89 Å². The molecule has 7 nitrogen and oxygen atoms in total. The molecule has 0 spiro atoms. The fourth-order valence-corrected chi connectivity index (χ4v) is 1.80. The zero-order valence-corrected chi connectivity index (χ0v) is 10.8. The largest absolute Gasteiger partial charge is 0.444 e. The molecule has 0 fully saturated rings. The van der Waals surface area contributed by atoms with E-state index in [1.165, 1.54) is 10.9 Å². The van der Waals surface area contributed by atoms with Crippen molar-refractivity contribution in [1.29, 1.82) is 0 Å². The van der Waals surface area contributed by atoms with Gasteiger partial charge in [0.05, 0.1) is 17.0 Å². The Kier molecular flexibility index (Phi) is 2.97. The first-order chi connectivity index (χ1) is 7.97. The van der Waals surface area contributed by atoms with Crippen molar-refractivity contribution in [2.24, 2.45) is 0 Å². The van der Waals surface area contributed by atoms with E-state index >= 15 is 0 Å². The number of hydrogen-bond acceptors (Lipinski definition) is 5. The van der Waals surface area contributed by atoms with Crippen LogP contribution in [0.5, 0.6) is 0 Å². The van der Waals surface area contributed by atoms with Crippen LogP contribution in [0, 0.1) is 24.0 Å². The van der Waals surface area contributed by atoms with Crippen molar-refractivity contribution in [3.8, 4) is 0 Å². The third-order valence-corrected chi connectivity index (χ3v) is 2.80. The van der Waals surface area contributed by atoms with Crippen molar-refractivity contribution in [1.82, 2.24) is 14.8 Å². The quantitative estimate of drug-likeness (QED) is 0.640. The number of oxazole rings is 1. The summed E-state index contributed by atoms with van der Waals surface area (Å²) in [5.74, 6) is 0.996. The lowest BCUT2D eigenvalue weighted by Gasteiger charge is -1.90. The molecule has 2 heterocycles. The van der Waals surface area contributed by atoms with Gasteiger partial charge in [-0.05, 0) is 34.7 Å². The normalized spacial score (nSPS) is 10.8. The highest BCUT2D eigenvalue weighted by molar-refractivity contribution is 9.10. The fourth-order valence-electron chi connectivity index (χ4n) is 1.34. The minimum atomic E-state index is -0.549. The Morgan fingerprint density at radius 2 is 2.29 bits per heavy atom. The maximum Gasteiger partial charge on any atom is 0.404 e. The molecule has 8 heteroatoms. The zero-order valence-electron chi connectivity index (χ0n) is 9.18. The molecule has 0 aliphatic carbocycles. The average Bonchev–Trinajstić information content (AvgIpc) is 2.72. The lowest BCUT2D eigenvalue weighted by atomic mass is 10.4. The van der Waals surface area contributed by atoms with Gasteiger partial charge in [0.1, 0.15) is 16.8 Å². The van der Waals surface area contributed by atoms with Gasteiger partial charge in [-0.15, -0.1) is 0 Å². The molecule has 0 bridgehead atoms. The second kappa shape index (κ2) is 4.28. The van der Waals surface area contributed by atoms with E-state index in [2.05, 4.69) is 26.0 Å². The summed E-state index contributed by atoms with van der Waals surface area (Å²) in [5.41, 5.74) is 0.806. The molecule has 0 aliphatic rings. The topological polar surface area (TPSA) is 87.0 Å². The van der Waals surface area contributed by atoms with Crippen LogP contribution in [0.25, 0.3) is 0 Å². The first-order valence-corrected chi connectivity index (χ1v) is 5.57. The van der Waals surface area contributed by atoms with E-state index in [4.69, 9.17) is 4.42 Å². The van der Waals surface area contributed by atoms with Gasteiger partial charge in [-0.1, -0.05) is 0 Å². The molecule has 0 saturated carbocycles. The van der Waals surface area contributed by atoms with Crippen LogP contribution < -0.4 is 0 Å². The Bertz CT molecular complexity index is 555. The SMILES string of the molecule is Cc1nc(Cn2cc(Br)c([N+](=O)[O-])n2)oc1C. The first-order valence-electron chi connectivity index (χ1n) is 4.77. The van der Waals surface area contributed by atoms with Gasteiger partial charge in [0.15, 0.2) is 0 Å². The minimum absolute atomic E-state index is 0.218. The summed E-state index contributed by atoms with van der Waals surface area (Å²) in [6.45, 7) is 3.91. The van der Waals surface area contributed by atoms with Gasteiger partial charge in [0, 0.05) is 0 Å². The highest BCUT2D eigenvalue weighted by Crippen LogP contribution is 2.22. The Morgan fingerprint density at radius 3 is 2.76 bits per heavy atom. The monoisotopic (exact) mass is 300 g/mol. The van der Waals surface area contributed by atoms with E-state index in [1.807, 2.05) is 13.8 Å². The van der Waals surface area contributed by atoms with E-state index in [-0.39, 0.29) is 12.4 Å². The highest BCUT2D eigenvalue weighted by Gasteiger charge is 2.19. The molecule has 0 aromatic carbocycles. The Labute approximate surface area is 105 Å². The smallest absolute Gasteiger partial charge is 0.404 e. The van der Waals surface area contributed by atoms with Crippen molar-refractivity contribution >= 4 is 21.7 Å². The van der Waals surface area contributed by atoms with Gasteiger partial charge >= 0.3 is 5.82 Å². The molecule has 0 atom stereocenters. The van der Waals surface area contributed by atoms with Gasteiger partial charge < -0.3 is 14.5 Å². The summed E-state index contributed by atoms with van der Waals surface area (Å²) in [6.07, 6.45) is 1.52. The predicted octanol–water partition coefficient (Wildman–Crippen LogP) is 2.21. The first kappa shape index (κ1) is 11.8. The third-order valence-electron chi connectivity index (χ3n) is 2.24. The lowest BCUT2D eigenvalue weighted by molar-refractivity contribution is -0.390. The number of rotatable bonds is 3. The molecule has 0 radical (unpaired) electrons. The molecule has 2 rings (SSSR count). The van der Waals surface area contributed by atoms with E-state index < -0.39 is 4.92 Å². The number of aromatic nitrogens is 3. The van der Waals surface area contributed by atoms with Crippen LogP contribution in [-0.2, 0) is 6.54 Å². The number of nitro groups is 1. The van der Waals surface area contributed by atoms with E-state index in [1.54, 1.807) is 0 Å². The Morgan fingerprint density at radius 1 is 1.59 bits per heavy atom. The van der Waals surface area contributed by atoms with Crippen LogP contribution in [0.15, 0.2) is 15.1 Å². The molecule has 0 amide bonds. The average molecular weight is 301 g/mol. The summed E-state index contributed by atoms with van der Waals surface area (Å²) in [5, 5.41) is 14.4. The molecule has 0 N–H and O–H groups in total. The minimum Gasteiger partial charge on any atom is -0.444 e. The summed E-state index contributed by atoms with van der Waals surface area (Å²) in [6, 6.07) is 0. The summed E-state index contributed by atoms with van der Waals surface area (Å²) in [4.78, 5) is 14.2. The van der Waals surface area contributed by atoms with Crippen molar-refractivity contribution in [3.05, 3.63) is 38.1 Å². The van der Waals surface area contributed by atoms with Crippen LogP contribution in [-0.4, -0.2) is 19.7 Å². The standard InChI is InChI=1S/C9H9BrN4O3/c1-5-6(2)17-8(11-5)4-13-3-7(10)9(12-13)14(15)16/h3H,4H2,1-2H3. The van der Waals surface area contributed by atoms with Gasteiger partial charge in [-0.2, -0.15) is 4.68 Å². The predicted molar refractivity (Wildman–Crippen MR) is 61.7 cm³/mol. The second-order valence-electron chi connectivity index (χ2n) is 3.50. The lowest BCUT2D eigenvalue weighted by Crippen LogP contribution is -2.01. The molecule has 17 heavy (non-hydrogen) atoms. The molecule has 2 aromatic heterocycles. The van der Waals surface area contributed by atoms with Crippen molar-refractivity contribution < 1.29 is 9.34 Å². The number of hydrogen-bond donors (Lipinski definition) is 0. The molecule has 0 saturated heterocycles. The summed E-state index contributed by atoms with van der Waals surface area (Å²) >= 11 is 3.07. The Balaban J connectivity index is 2.24. The molecule has 2 aromatic rings. The third kappa shape index (κ3) is 2.36. The molecule has 90 valence electrons. The van der Waals surface area contributed by atoms with Gasteiger partial charge in [-0.25, -0.2) is 4.98 Å². The van der Waals surface area contributed by atoms with E-state index in [0.29, 0.717) is 10.4 Å². The van der Waals surface area contributed by atoms with E-state index in [9.17, 15) is 10.1 Å². The maximum atomic E-state index is 10.6. The second-order valence-corrected chi connectivity index (χ2v) is 4.36. The number of halogens is 1. The zero-order chi connectivity index (χ0) is 12.6. The van der Waals surface area contributed by atoms with Crippen molar-refractivity contribution in [2.45, 2.75) is 20.4 Å². The summed E-state index contributed by atoms with van der Waals surface area (Å²) < 4.78 is 7.12. The van der Waals surface area contributed by atoms with Crippen LogP contribution in [0.1, 0.15) is 17.3 Å². The Hall–Kier alpha value is -1.70. The highest BCUT2D eigenvalue weighted by atomic mass is 79.9. The van der Waals surface area contributed by atoms with E-state index in [0.717, 1.165) is 11.5 Å². The summed E-state index contributed by atoms with van der Waals surface area (Å²) in [7, 11) is 0. The van der Waals surface area contributed by atoms with Crippen molar-refractivity contribution in [3.63, 3.8) is 0 Å². The number of aryl methyl sites for hydroxylation is 2. The van der Waals surface area contributed by atoms with Crippen LogP contribution in [0.4, 0.5) is 5.82 Å². The van der Waals surface area contributed by atoms with Crippen LogP contribution >= 0.6 is 15.9 Å². The van der Waals surface area contributed by atoms with Crippen LogP contribution in [0.2, 0.25) is 0 Å². The maximum absolute atomic E-state index is 10.6. The van der Waals surface area contributed by atoms with Gasteiger partial charge in [-0.3, -0.25) is 0 Å². The van der Waals surface area contributed by atoms with Gasteiger partial charge in [0.25, 0.3) is 0 Å². The molecular formula is C9H9BrN4O3.